The number of methoxy groups -OCH3 is 1. The minimum atomic E-state index is -0.775. The average Bonchev–Trinajstić information content (AvgIpc) is 2.88. The fourth-order valence-corrected chi connectivity index (χ4v) is 1.83. The summed E-state index contributed by atoms with van der Waals surface area (Å²) in [4.78, 5) is 23.5. The first kappa shape index (κ1) is 14.5. The van der Waals surface area contributed by atoms with Gasteiger partial charge in [0.25, 0.3) is 0 Å². The van der Waals surface area contributed by atoms with Crippen LogP contribution in [-0.4, -0.2) is 38.2 Å². The molecule has 1 heterocycles. The van der Waals surface area contributed by atoms with Gasteiger partial charge in [0.05, 0.1) is 25.7 Å². The Kier molecular flexibility index (Phi) is 5.59. The number of ether oxygens (including phenoxy) is 2. The Morgan fingerprint density at radius 3 is 2.83 bits per heavy atom. The van der Waals surface area contributed by atoms with E-state index in [1.807, 2.05) is 6.07 Å². The molecule has 1 N–H and O–H groups in total. The summed E-state index contributed by atoms with van der Waals surface area (Å²) in [6.45, 7) is 2.68. The first-order chi connectivity index (χ1) is 8.60. The van der Waals surface area contributed by atoms with Gasteiger partial charge in [0.15, 0.2) is 0 Å². The maximum atomic E-state index is 11.9. The Balaban J connectivity index is 2.62. The monoisotopic (exact) mass is 254 g/mol. The van der Waals surface area contributed by atoms with Crippen LogP contribution in [-0.2, 0) is 19.1 Å². The SMILES string of the molecule is COC(=O)[C@@H](NC(=O)[C@@H]1CCOC1)[C@@H](C)CC#N. The molecule has 0 aromatic heterocycles. The highest BCUT2D eigenvalue weighted by atomic mass is 16.5. The topological polar surface area (TPSA) is 88.4 Å². The van der Waals surface area contributed by atoms with Crippen molar-refractivity contribution in [2.45, 2.75) is 25.8 Å². The molecule has 100 valence electrons. The lowest BCUT2D eigenvalue weighted by atomic mass is 9.97. The van der Waals surface area contributed by atoms with E-state index < -0.39 is 12.0 Å². The Bertz CT molecular complexity index is 344. The van der Waals surface area contributed by atoms with Gasteiger partial charge in [0.1, 0.15) is 6.04 Å². The number of rotatable bonds is 5. The van der Waals surface area contributed by atoms with Gasteiger partial charge in [-0.15, -0.1) is 0 Å². The minimum Gasteiger partial charge on any atom is -0.467 e. The van der Waals surface area contributed by atoms with Crippen LogP contribution in [0.1, 0.15) is 19.8 Å². The van der Waals surface area contributed by atoms with Gasteiger partial charge in [-0.05, 0) is 6.42 Å². The normalized spacial score (nSPS) is 21.7. The third kappa shape index (κ3) is 3.70. The largest absolute Gasteiger partial charge is 0.467 e. The molecule has 1 rings (SSSR count). The standard InChI is InChI=1S/C12H18N2O4/c1-8(3-5-13)10(12(16)17-2)14-11(15)9-4-6-18-7-9/h8-10H,3-4,6-7H2,1-2H3,(H,14,15)/t8-,9+,10-/m0/s1. The molecule has 0 aliphatic carbocycles. The Hall–Kier alpha value is -1.61. The summed E-state index contributed by atoms with van der Waals surface area (Å²) >= 11 is 0. The smallest absolute Gasteiger partial charge is 0.328 e. The van der Waals surface area contributed by atoms with Gasteiger partial charge in [-0.25, -0.2) is 4.79 Å². The Labute approximate surface area is 106 Å². The molecule has 3 atom stereocenters. The van der Waals surface area contributed by atoms with Crippen LogP contribution in [0.25, 0.3) is 0 Å². The van der Waals surface area contributed by atoms with Crippen molar-refractivity contribution in [3.63, 3.8) is 0 Å². The van der Waals surface area contributed by atoms with Gasteiger partial charge in [-0.2, -0.15) is 5.26 Å². The predicted octanol–water partition coefficient (Wildman–Crippen LogP) is 0.230. The van der Waals surface area contributed by atoms with Gasteiger partial charge in [-0.1, -0.05) is 6.92 Å². The number of carbonyl (C=O) groups excluding carboxylic acids is 2. The average molecular weight is 254 g/mol. The van der Waals surface area contributed by atoms with E-state index in [0.29, 0.717) is 19.6 Å². The maximum absolute atomic E-state index is 11.9. The fraction of sp³-hybridized carbons (Fsp3) is 0.750. The highest BCUT2D eigenvalue weighted by Crippen LogP contribution is 2.15. The lowest BCUT2D eigenvalue weighted by molar-refractivity contribution is -0.147. The number of nitrogens with one attached hydrogen (secondary N) is 1. The van der Waals surface area contributed by atoms with Gasteiger partial charge in [0.2, 0.25) is 5.91 Å². The van der Waals surface area contributed by atoms with Crippen LogP contribution in [0.4, 0.5) is 0 Å². The van der Waals surface area contributed by atoms with Crippen molar-refractivity contribution >= 4 is 11.9 Å². The molecule has 0 aromatic carbocycles. The van der Waals surface area contributed by atoms with E-state index in [1.165, 1.54) is 7.11 Å². The zero-order chi connectivity index (χ0) is 13.5. The van der Waals surface area contributed by atoms with Crippen molar-refractivity contribution in [2.24, 2.45) is 11.8 Å². The molecular formula is C12H18N2O4. The summed E-state index contributed by atoms with van der Waals surface area (Å²) in [5, 5.41) is 11.3. The van der Waals surface area contributed by atoms with Crippen LogP contribution in [0, 0.1) is 23.2 Å². The molecule has 1 fully saturated rings. The summed E-state index contributed by atoms with van der Waals surface area (Å²) in [6.07, 6.45) is 0.841. The molecule has 0 unspecified atom stereocenters. The number of nitrogens with zero attached hydrogens (tertiary/aromatic N) is 1. The molecule has 1 aliphatic heterocycles. The van der Waals surface area contributed by atoms with Crippen LogP contribution in [0.2, 0.25) is 0 Å². The van der Waals surface area contributed by atoms with E-state index >= 15 is 0 Å². The molecule has 0 bridgehead atoms. The van der Waals surface area contributed by atoms with Crippen molar-refractivity contribution in [3.05, 3.63) is 0 Å². The molecule has 0 radical (unpaired) electrons. The number of carbonyl (C=O) groups is 2. The molecule has 6 nitrogen and oxygen atoms in total. The van der Waals surface area contributed by atoms with Crippen LogP contribution in [0.3, 0.4) is 0 Å². The molecule has 0 saturated carbocycles. The van der Waals surface area contributed by atoms with Crippen molar-refractivity contribution in [2.75, 3.05) is 20.3 Å². The van der Waals surface area contributed by atoms with Gasteiger partial charge < -0.3 is 14.8 Å². The molecule has 1 amide bonds. The van der Waals surface area contributed by atoms with E-state index in [0.717, 1.165) is 0 Å². The van der Waals surface area contributed by atoms with Crippen LogP contribution < -0.4 is 5.32 Å². The van der Waals surface area contributed by atoms with E-state index in [-0.39, 0.29) is 24.2 Å². The van der Waals surface area contributed by atoms with E-state index in [2.05, 4.69) is 10.1 Å². The highest BCUT2D eigenvalue weighted by Gasteiger charge is 2.31. The molecule has 0 aromatic rings. The van der Waals surface area contributed by atoms with Crippen molar-refractivity contribution < 1.29 is 19.1 Å². The first-order valence-corrected chi connectivity index (χ1v) is 5.93. The summed E-state index contributed by atoms with van der Waals surface area (Å²) in [5.41, 5.74) is 0. The van der Waals surface area contributed by atoms with Crippen molar-refractivity contribution in [1.29, 1.82) is 5.26 Å². The number of esters is 1. The second kappa shape index (κ2) is 6.97. The minimum absolute atomic E-state index is 0.182. The second-order valence-electron chi connectivity index (χ2n) is 4.41. The number of hydrogen-bond donors (Lipinski definition) is 1. The predicted molar refractivity (Wildman–Crippen MR) is 62.3 cm³/mol. The van der Waals surface area contributed by atoms with Gasteiger partial charge in [-0.3, -0.25) is 4.79 Å². The quantitative estimate of drug-likeness (QED) is 0.709. The van der Waals surface area contributed by atoms with E-state index in [1.54, 1.807) is 6.92 Å². The third-order valence-corrected chi connectivity index (χ3v) is 3.04. The Morgan fingerprint density at radius 1 is 1.61 bits per heavy atom. The first-order valence-electron chi connectivity index (χ1n) is 5.93. The van der Waals surface area contributed by atoms with E-state index in [9.17, 15) is 9.59 Å². The molecular weight excluding hydrogens is 236 g/mol. The van der Waals surface area contributed by atoms with Crippen molar-refractivity contribution in [1.82, 2.24) is 5.32 Å². The second-order valence-corrected chi connectivity index (χ2v) is 4.41. The van der Waals surface area contributed by atoms with Crippen LogP contribution in [0.5, 0.6) is 0 Å². The summed E-state index contributed by atoms with van der Waals surface area (Å²) in [6, 6.07) is 1.21. The zero-order valence-corrected chi connectivity index (χ0v) is 10.6. The number of nitriles is 1. The lowest BCUT2D eigenvalue weighted by Crippen LogP contribution is -2.48. The lowest BCUT2D eigenvalue weighted by Gasteiger charge is -2.22. The van der Waals surface area contributed by atoms with Gasteiger partial charge >= 0.3 is 5.97 Å². The van der Waals surface area contributed by atoms with Crippen LogP contribution >= 0.6 is 0 Å². The van der Waals surface area contributed by atoms with Crippen LogP contribution in [0.15, 0.2) is 0 Å². The molecule has 18 heavy (non-hydrogen) atoms. The summed E-state index contributed by atoms with van der Waals surface area (Å²) < 4.78 is 9.77. The molecule has 1 aliphatic rings. The summed E-state index contributed by atoms with van der Waals surface area (Å²) in [7, 11) is 1.26. The number of amides is 1. The Morgan fingerprint density at radius 2 is 2.33 bits per heavy atom. The molecule has 6 heteroatoms. The third-order valence-electron chi connectivity index (χ3n) is 3.04. The van der Waals surface area contributed by atoms with E-state index in [4.69, 9.17) is 10.00 Å². The zero-order valence-electron chi connectivity index (χ0n) is 10.6. The number of hydrogen-bond acceptors (Lipinski definition) is 5. The molecule has 1 saturated heterocycles. The maximum Gasteiger partial charge on any atom is 0.328 e. The van der Waals surface area contributed by atoms with Gasteiger partial charge in [0, 0.05) is 18.9 Å². The fourth-order valence-electron chi connectivity index (χ4n) is 1.83. The van der Waals surface area contributed by atoms with Crippen molar-refractivity contribution in [3.8, 4) is 6.07 Å². The highest BCUT2D eigenvalue weighted by molar-refractivity contribution is 5.86. The molecule has 0 spiro atoms. The summed E-state index contributed by atoms with van der Waals surface area (Å²) in [5.74, 6) is -1.24.